The van der Waals surface area contributed by atoms with Crippen LogP contribution in [0.3, 0.4) is 0 Å². The third-order valence-electron chi connectivity index (χ3n) is 1.70. The second-order valence-electron chi connectivity index (χ2n) is 2.83. The molecule has 3 heteroatoms. The van der Waals surface area contributed by atoms with E-state index in [1.807, 2.05) is 19.9 Å². The highest BCUT2D eigenvalue weighted by Gasteiger charge is 2.29. The standard InChI is InChI=1S/C9H20O2Si/c1-5-8-9-12(4,10-6-2)11-7-3/h5H,1,6-9H2,2-4H3. The molecular formula is C9H20O2Si. The minimum atomic E-state index is -1.84. The Morgan fingerprint density at radius 2 is 1.75 bits per heavy atom. The summed E-state index contributed by atoms with van der Waals surface area (Å²) in [4.78, 5) is 0. The van der Waals surface area contributed by atoms with Gasteiger partial charge >= 0.3 is 8.56 Å². The molecule has 0 saturated heterocycles. The quantitative estimate of drug-likeness (QED) is 0.452. The Balaban J connectivity index is 3.88. The van der Waals surface area contributed by atoms with Gasteiger partial charge in [0.25, 0.3) is 0 Å². The number of hydrogen-bond donors (Lipinski definition) is 0. The maximum atomic E-state index is 5.64. The van der Waals surface area contributed by atoms with Gasteiger partial charge in [-0.2, -0.15) is 0 Å². The third-order valence-corrected chi connectivity index (χ3v) is 4.70. The molecule has 0 amide bonds. The Hall–Kier alpha value is -0.123. The van der Waals surface area contributed by atoms with E-state index in [0.29, 0.717) is 0 Å². The van der Waals surface area contributed by atoms with Gasteiger partial charge < -0.3 is 8.85 Å². The summed E-state index contributed by atoms with van der Waals surface area (Å²) >= 11 is 0. The summed E-state index contributed by atoms with van der Waals surface area (Å²) in [5, 5.41) is 0. The Bertz CT molecular complexity index is 120. The van der Waals surface area contributed by atoms with Gasteiger partial charge in [0.1, 0.15) is 0 Å². The lowest BCUT2D eigenvalue weighted by Crippen LogP contribution is -2.38. The molecule has 0 saturated carbocycles. The van der Waals surface area contributed by atoms with Crippen LogP contribution < -0.4 is 0 Å². The molecule has 0 aliphatic rings. The molecule has 0 aliphatic heterocycles. The molecule has 0 unspecified atom stereocenters. The molecule has 0 N–H and O–H groups in total. The largest absolute Gasteiger partial charge is 0.395 e. The van der Waals surface area contributed by atoms with Crippen LogP contribution in [-0.2, 0) is 8.85 Å². The zero-order chi connectivity index (χ0) is 9.45. The lowest BCUT2D eigenvalue weighted by atomic mass is 10.5. The Morgan fingerprint density at radius 3 is 2.08 bits per heavy atom. The van der Waals surface area contributed by atoms with Gasteiger partial charge in [-0.1, -0.05) is 6.08 Å². The molecule has 0 aromatic heterocycles. The molecular weight excluding hydrogens is 168 g/mol. The fourth-order valence-corrected chi connectivity index (χ4v) is 3.48. The van der Waals surface area contributed by atoms with Crippen LogP contribution in [0.4, 0.5) is 0 Å². The van der Waals surface area contributed by atoms with Crippen molar-refractivity contribution in [2.75, 3.05) is 13.2 Å². The summed E-state index contributed by atoms with van der Waals surface area (Å²) in [6.07, 6.45) is 2.91. The molecule has 0 radical (unpaired) electrons. The highest BCUT2D eigenvalue weighted by molar-refractivity contribution is 6.66. The van der Waals surface area contributed by atoms with Gasteiger partial charge in [-0.3, -0.25) is 0 Å². The van der Waals surface area contributed by atoms with Crippen molar-refractivity contribution in [1.82, 2.24) is 0 Å². The van der Waals surface area contributed by atoms with E-state index >= 15 is 0 Å². The Morgan fingerprint density at radius 1 is 1.25 bits per heavy atom. The fourth-order valence-electron chi connectivity index (χ4n) is 1.16. The van der Waals surface area contributed by atoms with Gasteiger partial charge in [-0.15, -0.1) is 6.58 Å². The molecule has 72 valence electrons. The van der Waals surface area contributed by atoms with Crippen LogP contribution in [0.5, 0.6) is 0 Å². The number of hydrogen-bond acceptors (Lipinski definition) is 2. The molecule has 0 aromatic carbocycles. The predicted molar refractivity (Wildman–Crippen MR) is 54.5 cm³/mol. The maximum Gasteiger partial charge on any atom is 0.335 e. The van der Waals surface area contributed by atoms with Gasteiger partial charge in [-0.05, 0) is 32.9 Å². The lowest BCUT2D eigenvalue weighted by molar-refractivity contribution is 0.189. The van der Waals surface area contributed by atoms with Crippen LogP contribution >= 0.6 is 0 Å². The minimum absolute atomic E-state index is 0.750. The number of allylic oxidation sites excluding steroid dienone is 1. The highest BCUT2D eigenvalue weighted by Crippen LogP contribution is 2.15. The SMILES string of the molecule is C=CCC[Si](C)(OCC)OCC. The summed E-state index contributed by atoms with van der Waals surface area (Å²) in [5.74, 6) is 0. The van der Waals surface area contributed by atoms with Crippen molar-refractivity contribution in [3.63, 3.8) is 0 Å². The molecule has 2 nitrogen and oxygen atoms in total. The summed E-state index contributed by atoms with van der Waals surface area (Å²) in [6.45, 7) is 11.3. The van der Waals surface area contributed by atoms with Gasteiger partial charge in [0.15, 0.2) is 0 Å². The van der Waals surface area contributed by atoms with E-state index < -0.39 is 8.56 Å². The molecule has 0 aliphatic carbocycles. The van der Waals surface area contributed by atoms with Crippen molar-refractivity contribution < 1.29 is 8.85 Å². The lowest BCUT2D eigenvalue weighted by Gasteiger charge is -2.25. The van der Waals surface area contributed by atoms with Crippen molar-refractivity contribution in [2.24, 2.45) is 0 Å². The monoisotopic (exact) mass is 188 g/mol. The van der Waals surface area contributed by atoms with E-state index in [2.05, 4.69) is 13.1 Å². The highest BCUT2D eigenvalue weighted by atomic mass is 28.4. The average molecular weight is 188 g/mol. The Kier molecular flexibility index (Phi) is 6.33. The van der Waals surface area contributed by atoms with E-state index in [0.717, 1.165) is 25.7 Å². The van der Waals surface area contributed by atoms with Gasteiger partial charge in [0, 0.05) is 13.2 Å². The molecule has 12 heavy (non-hydrogen) atoms. The van der Waals surface area contributed by atoms with Crippen molar-refractivity contribution in [3.8, 4) is 0 Å². The van der Waals surface area contributed by atoms with Crippen LogP contribution in [0, 0.1) is 0 Å². The van der Waals surface area contributed by atoms with Gasteiger partial charge in [0.05, 0.1) is 0 Å². The summed E-state index contributed by atoms with van der Waals surface area (Å²) in [5.41, 5.74) is 0. The Labute approximate surface area is 76.8 Å². The van der Waals surface area contributed by atoms with Crippen LogP contribution in [0.2, 0.25) is 12.6 Å². The van der Waals surface area contributed by atoms with Crippen LogP contribution in [0.25, 0.3) is 0 Å². The average Bonchev–Trinajstić information content (AvgIpc) is 2.02. The van der Waals surface area contributed by atoms with Crippen molar-refractivity contribution >= 4 is 8.56 Å². The maximum absolute atomic E-state index is 5.64. The molecule has 0 spiro atoms. The smallest absolute Gasteiger partial charge is 0.335 e. The van der Waals surface area contributed by atoms with E-state index in [4.69, 9.17) is 8.85 Å². The summed E-state index contributed by atoms with van der Waals surface area (Å²) in [7, 11) is -1.84. The van der Waals surface area contributed by atoms with Crippen LogP contribution in [-0.4, -0.2) is 21.8 Å². The molecule has 0 fully saturated rings. The minimum Gasteiger partial charge on any atom is -0.395 e. The molecule has 0 bridgehead atoms. The van der Waals surface area contributed by atoms with Crippen LogP contribution in [0.15, 0.2) is 12.7 Å². The second-order valence-corrected chi connectivity index (χ2v) is 6.17. The zero-order valence-electron chi connectivity index (χ0n) is 8.43. The van der Waals surface area contributed by atoms with E-state index in [-0.39, 0.29) is 0 Å². The molecule has 0 heterocycles. The summed E-state index contributed by atoms with van der Waals surface area (Å²) < 4.78 is 11.3. The first-order chi connectivity index (χ1) is 5.68. The normalized spacial score (nSPS) is 11.6. The zero-order valence-corrected chi connectivity index (χ0v) is 9.43. The van der Waals surface area contributed by atoms with Crippen molar-refractivity contribution in [2.45, 2.75) is 32.9 Å². The first-order valence-corrected chi connectivity index (χ1v) is 7.09. The third kappa shape index (κ3) is 4.69. The van der Waals surface area contributed by atoms with Gasteiger partial charge in [-0.25, -0.2) is 0 Å². The van der Waals surface area contributed by atoms with Crippen molar-refractivity contribution in [3.05, 3.63) is 12.7 Å². The first kappa shape index (κ1) is 11.9. The molecule has 0 aromatic rings. The van der Waals surface area contributed by atoms with E-state index in [1.54, 1.807) is 0 Å². The molecule has 0 rings (SSSR count). The van der Waals surface area contributed by atoms with Crippen LogP contribution in [0.1, 0.15) is 20.3 Å². The summed E-state index contributed by atoms with van der Waals surface area (Å²) in [6, 6.07) is 1.01. The van der Waals surface area contributed by atoms with E-state index in [9.17, 15) is 0 Å². The predicted octanol–water partition coefficient (Wildman–Crippen LogP) is 2.71. The van der Waals surface area contributed by atoms with Gasteiger partial charge in [0.2, 0.25) is 0 Å². The fraction of sp³-hybridized carbons (Fsp3) is 0.778. The topological polar surface area (TPSA) is 18.5 Å². The number of rotatable bonds is 7. The van der Waals surface area contributed by atoms with E-state index in [1.165, 1.54) is 0 Å². The second kappa shape index (κ2) is 6.40. The van der Waals surface area contributed by atoms with Crippen molar-refractivity contribution in [1.29, 1.82) is 0 Å². The molecule has 0 atom stereocenters. The first-order valence-electron chi connectivity index (χ1n) is 4.57.